The molecular weight excluding hydrogens is 464 g/mol. The third-order valence-corrected chi connectivity index (χ3v) is 7.37. The second-order valence-electron chi connectivity index (χ2n) is 8.10. The number of thiazole rings is 2. The highest BCUT2D eigenvalue weighted by Crippen LogP contribution is 2.28. The molecule has 1 unspecified atom stereocenters. The number of nitrogens with zero attached hydrogens (tertiary/aromatic N) is 2. The first-order valence-electron chi connectivity index (χ1n) is 10.9. The Labute approximate surface area is 204 Å². The molecule has 34 heavy (non-hydrogen) atoms. The number of carbonyl (C=O) groups excluding carboxylic acids is 2. The number of rotatable bonds is 7. The maximum absolute atomic E-state index is 13.3. The predicted octanol–water partition coefficient (Wildman–Crippen LogP) is 6.04. The highest BCUT2D eigenvalue weighted by molar-refractivity contribution is 7.22. The van der Waals surface area contributed by atoms with Gasteiger partial charge in [0.2, 0.25) is 11.8 Å². The van der Waals surface area contributed by atoms with Gasteiger partial charge in [0.05, 0.1) is 26.4 Å². The molecule has 5 rings (SSSR count). The van der Waals surface area contributed by atoms with Gasteiger partial charge < -0.3 is 10.6 Å². The van der Waals surface area contributed by atoms with Crippen molar-refractivity contribution in [3.8, 4) is 0 Å². The second kappa shape index (κ2) is 9.70. The molecule has 2 heterocycles. The van der Waals surface area contributed by atoms with E-state index >= 15 is 0 Å². The summed E-state index contributed by atoms with van der Waals surface area (Å²) in [6.45, 7) is 2.02. The molecule has 0 aliphatic rings. The van der Waals surface area contributed by atoms with Gasteiger partial charge in [0.25, 0.3) is 0 Å². The Hall–Kier alpha value is -3.62. The maximum atomic E-state index is 13.3. The summed E-state index contributed by atoms with van der Waals surface area (Å²) in [4.78, 5) is 35.1. The van der Waals surface area contributed by atoms with Crippen LogP contribution in [0.2, 0.25) is 0 Å². The van der Waals surface area contributed by atoms with Crippen molar-refractivity contribution in [2.45, 2.75) is 19.8 Å². The van der Waals surface area contributed by atoms with Crippen molar-refractivity contribution < 1.29 is 9.59 Å². The average molecular weight is 487 g/mol. The number of benzene rings is 3. The molecule has 170 valence electrons. The lowest BCUT2D eigenvalue weighted by Gasteiger charge is -2.16. The van der Waals surface area contributed by atoms with Gasteiger partial charge >= 0.3 is 0 Å². The molecule has 5 aromatic rings. The van der Waals surface area contributed by atoms with Crippen molar-refractivity contribution in [1.29, 1.82) is 0 Å². The van der Waals surface area contributed by atoms with Crippen LogP contribution >= 0.6 is 22.7 Å². The zero-order valence-corrected chi connectivity index (χ0v) is 20.1. The predicted molar refractivity (Wildman–Crippen MR) is 139 cm³/mol. The molecular formula is C26H22N4O2S2. The summed E-state index contributed by atoms with van der Waals surface area (Å²) >= 11 is 2.84. The van der Waals surface area contributed by atoms with Gasteiger partial charge in [0.15, 0.2) is 10.3 Å². The van der Waals surface area contributed by atoms with E-state index in [0.717, 1.165) is 31.6 Å². The van der Waals surface area contributed by atoms with Crippen LogP contribution in [-0.4, -0.2) is 21.8 Å². The molecule has 0 saturated heterocycles. The van der Waals surface area contributed by atoms with Gasteiger partial charge in [-0.3, -0.25) is 9.59 Å². The first kappa shape index (κ1) is 22.2. The third-order valence-electron chi connectivity index (χ3n) is 5.47. The second-order valence-corrected chi connectivity index (χ2v) is 10.2. The fourth-order valence-electron chi connectivity index (χ4n) is 3.72. The molecule has 2 N–H and O–H groups in total. The highest BCUT2D eigenvalue weighted by Gasteiger charge is 2.24. The number of para-hydroxylation sites is 2. The fourth-order valence-corrected chi connectivity index (χ4v) is 5.47. The Morgan fingerprint density at radius 1 is 0.794 bits per heavy atom. The van der Waals surface area contributed by atoms with Crippen LogP contribution < -0.4 is 10.6 Å². The van der Waals surface area contributed by atoms with E-state index in [2.05, 4.69) is 20.6 Å². The van der Waals surface area contributed by atoms with Crippen molar-refractivity contribution in [3.05, 3.63) is 83.9 Å². The van der Waals surface area contributed by atoms with Gasteiger partial charge in [-0.2, -0.15) is 0 Å². The van der Waals surface area contributed by atoms with Crippen LogP contribution in [0.1, 0.15) is 17.5 Å². The molecule has 0 aliphatic heterocycles. The van der Waals surface area contributed by atoms with Crippen molar-refractivity contribution in [2.75, 3.05) is 10.6 Å². The Bertz CT molecular complexity index is 1410. The van der Waals surface area contributed by atoms with Crippen molar-refractivity contribution in [2.24, 2.45) is 5.92 Å². The Balaban J connectivity index is 1.33. The fraction of sp³-hybridized carbons (Fsp3) is 0.154. The maximum Gasteiger partial charge on any atom is 0.230 e. The summed E-state index contributed by atoms with van der Waals surface area (Å²) in [6.07, 6.45) is 0.491. The number of hydrogen-bond donors (Lipinski definition) is 2. The van der Waals surface area contributed by atoms with E-state index in [0.29, 0.717) is 16.7 Å². The van der Waals surface area contributed by atoms with Crippen LogP contribution in [0, 0.1) is 12.8 Å². The smallest absolute Gasteiger partial charge is 0.230 e. The van der Waals surface area contributed by atoms with Gasteiger partial charge in [-0.1, -0.05) is 76.8 Å². The normalized spacial score (nSPS) is 12.0. The Kier molecular flexibility index (Phi) is 6.33. The topological polar surface area (TPSA) is 84.0 Å². The molecule has 1 atom stereocenters. The molecule has 0 fully saturated rings. The minimum atomic E-state index is -0.552. The van der Waals surface area contributed by atoms with E-state index < -0.39 is 5.92 Å². The first-order chi connectivity index (χ1) is 16.5. The van der Waals surface area contributed by atoms with Gasteiger partial charge in [-0.25, -0.2) is 9.97 Å². The summed E-state index contributed by atoms with van der Waals surface area (Å²) in [5.74, 6) is -1.02. The molecule has 2 aromatic heterocycles. The van der Waals surface area contributed by atoms with E-state index in [1.54, 1.807) is 0 Å². The van der Waals surface area contributed by atoms with E-state index in [1.165, 1.54) is 22.7 Å². The van der Waals surface area contributed by atoms with Crippen LogP contribution in [0.3, 0.4) is 0 Å². The minimum Gasteiger partial charge on any atom is -0.302 e. The number of carbonyl (C=O) groups is 2. The Morgan fingerprint density at radius 3 is 1.94 bits per heavy atom. The summed E-state index contributed by atoms with van der Waals surface area (Å²) in [6, 6.07) is 23.5. The van der Waals surface area contributed by atoms with Crippen LogP contribution in [0.5, 0.6) is 0 Å². The quantitative estimate of drug-likeness (QED) is 0.294. The Morgan fingerprint density at radius 2 is 1.35 bits per heavy atom. The SMILES string of the molecule is Cc1ccc(CC(CC(=O)Nc2nc3ccccc3s2)C(=O)Nc2nc3ccccc3s2)cc1. The molecule has 0 aliphatic carbocycles. The number of nitrogens with one attached hydrogen (secondary N) is 2. The van der Waals surface area contributed by atoms with E-state index in [9.17, 15) is 9.59 Å². The first-order valence-corrected chi connectivity index (χ1v) is 12.5. The average Bonchev–Trinajstić information content (AvgIpc) is 3.42. The number of fused-ring (bicyclic) bond motifs is 2. The molecule has 8 heteroatoms. The van der Waals surface area contributed by atoms with Crippen molar-refractivity contribution >= 4 is 65.2 Å². The number of aromatic nitrogens is 2. The molecule has 0 saturated carbocycles. The third kappa shape index (κ3) is 5.13. The largest absolute Gasteiger partial charge is 0.302 e. The zero-order chi connectivity index (χ0) is 23.5. The summed E-state index contributed by atoms with van der Waals surface area (Å²) < 4.78 is 2.00. The van der Waals surface area contributed by atoms with E-state index in [-0.39, 0.29) is 18.2 Å². The lowest BCUT2D eigenvalue weighted by Crippen LogP contribution is -2.29. The molecule has 3 aromatic carbocycles. The number of hydrogen-bond acceptors (Lipinski definition) is 6. The minimum absolute atomic E-state index is 0.0422. The standard InChI is InChI=1S/C26H22N4O2S2/c1-16-10-12-17(13-11-16)14-18(24(32)30-26-28-20-7-3-5-9-22(20)34-26)15-23(31)29-25-27-19-6-2-4-8-21(19)33-25/h2-13,18H,14-15H2,1H3,(H,27,29,31)(H,28,30,32). The van der Waals surface area contributed by atoms with Crippen molar-refractivity contribution in [3.63, 3.8) is 0 Å². The summed E-state index contributed by atoms with van der Waals surface area (Å²) in [7, 11) is 0. The van der Waals surface area contributed by atoms with Crippen LogP contribution in [0.4, 0.5) is 10.3 Å². The van der Waals surface area contributed by atoms with E-state index in [1.807, 2.05) is 79.7 Å². The molecule has 0 bridgehead atoms. The lowest BCUT2D eigenvalue weighted by molar-refractivity contribution is -0.124. The van der Waals surface area contributed by atoms with Crippen LogP contribution in [-0.2, 0) is 16.0 Å². The summed E-state index contributed by atoms with van der Waals surface area (Å²) in [5.41, 5.74) is 3.83. The van der Waals surface area contributed by atoms with Gasteiger partial charge in [0.1, 0.15) is 0 Å². The number of aryl methyl sites for hydroxylation is 1. The monoisotopic (exact) mass is 486 g/mol. The molecule has 0 spiro atoms. The van der Waals surface area contributed by atoms with Gasteiger partial charge in [0, 0.05) is 6.42 Å². The summed E-state index contributed by atoms with van der Waals surface area (Å²) in [5, 5.41) is 6.87. The highest BCUT2D eigenvalue weighted by atomic mass is 32.1. The molecule has 2 amide bonds. The molecule has 6 nitrogen and oxygen atoms in total. The van der Waals surface area contributed by atoms with E-state index in [4.69, 9.17) is 0 Å². The lowest BCUT2D eigenvalue weighted by atomic mass is 9.94. The van der Waals surface area contributed by atoms with Crippen LogP contribution in [0.15, 0.2) is 72.8 Å². The van der Waals surface area contributed by atoms with Crippen molar-refractivity contribution in [1.82, 2.24) is 9.97 Å². The van der Waals surface area contributed by atoms with Gasteiger partial charge in [-0.15, -0.1) is 0 Å². The molecule has 0 radical (unpaired) electrons. The number of anilines is 2. The zero-order valence-electron chi connectivity index (χ0n) is 18.4. The van der Waals surface area contributed by atoms with Crippen LogP contribution in [0.25, 0.3) is 20.4 Å². The van der Waals surface area contributed by atoms with Gasteiger partial charge in [-0.05, 0) is 43.2 Å². The number of amides is 2.